The molecule has 4 aliphatic rings. The van der Waals surface area contributed by atoms with Gasteiger partial charge in [-0.15, -0.1) is 0 Å². The lowest BCUT2D eigenvalue weighted by Crippen LogP contribution is -2.49. The number of fused-ring (bicyclic) bond motifs is 3. The zero-order valence-corrected chi connectivity index (χ0v) is 20.6. The molecule has 1 unspecified atom stereocenters. The maximum atomic E-state index is 13.9. The van der Waals surface area contributed by atoms with E-state index >= 15 is 0 Å². The van der Waals surface area contributed by atoms with E-state index < -0.39 is 41.8 Å². The van der Waals surface area contributed by atoms with Gasteiger partial charge in [0.05, 0.1) is 6.04 Å². The van der Waals surface area contributed by atoms with Crippen molar-refractivity contribution < 1.29 is 33.0 Å². The number of halogens is 1. The highest BCUT2D eigenvalue weighted by molar-refractivity contribution is 6.10. The van der Waals surface area contributed by atoms with Gasteiger partial charge in [0.15, 0.2) is 5.54 Å². The number of carbonyl (C=O) groups is 4. The molecule has 6 amide bonds. The maximum Gasteiger partial charge on any atom is 0.325 e. The molecule has 0 aromatic heterocycles. The van der Waals surface area contributed by atoms with E-state index in [2.05, 4.69) is 16.0 Å². The second kappa shape index (κ2) is 8.89. The molecule has 11 nitrogen and oxygen atoms in total. The van der Waals surface area contributed by atoms with Crippen molar-refractivity contribution in [2.75, 3.05) is 32.1 Å². The molecule has 1 aliphatic carbocycles. The topological polar surface area (TPSA) is 129 Å². The molecule has 6 rings (SSSR count). The van der Waals surface area contributed by atoms with E-state index in [0.717, 1.165) is 17.7 Å². The Bertz CT molecular complexity index is 1360. The number of benzene rings is 2. The van der Waals surface area contributed by atoms with Gasteiger partial charge in [-0.1, -0.05) is 6.07 Å². The average Bonchev–Trinajstić information content (AvgIpc) is 3.66. The Kier molecular flexibility index (Phi) is 5.62. The lowest BCUT2D eigenvalue weighted by Gasteiger charge is -2.30. The molecule has 2 aromatic carbocycles. The molecule has 0 radical (unpaired) electrons. The van der Waals surface area contributed by atoms with Crippen LogP contribution in [0.3, 0.4) is 0 Å². The van der Waals surface area contributed by atoms with Crippen molar-refractivity contribution in [1.82, 2.24) is 20.4 Å². The molecule has 1 spiro atoms. The number of rotatable bonds is 4. The normalized spacial score (nSPS) is 23.7. The van der Waals surface area contributed by atoms with Gasteiger partial charge in [-0.25, -0.2) is 14.0 Å². The zero-order chi connectivity index (χ0) is 26.6. The Labute approximate surface area is 217 Å². The summed E-state index contributed by atoms with van der Waals surface area (Å²) in [6.45, 7) is -0.233. The molecule has 3 heterocycles. The lowest BCUT2D eigenvalue weighted by atomic mass is 9.92. The lowest BCUT2D eigenvalue weighted by molar-refractivity contribution is -0.141. The average molecular weight is 524 g/mol. The molecule has 3 aliphatic heterocycles. The van der Waals surface area contributed by atoms with Crippen LogP contribution in [0.2, 0.25) is 0 Å². The number of nitrogens with zero attached hydrogens (tertiary/aromatic N) is 2. The van der Waals surface area contributed by atoms with E-state index in [1.807, 2.05) is 0 Å². The van der Waals surface area contributed by atoms with Gasteiger partial charge in [-0.3, -0.25) is 14.5 Å². The van der Waals surface area contributed by atoms with Crippen LogP contribution in [0, 0.1) is 11.7 Å². The predicted molar refractivity (Wildman–Crippen MR) is 131 cm³/mol. The first kappa shape index (κ1) is 24.0. The van der Waals surface area contributed by atoms with E-state index in [9.17, 15) is 23.6 Å². The number of urea groups is 2. The quantitative estimate of drug-likeness (QED) is 0.525. The Hall–Kier alpha value is -4.35. The van der Waals surface area contributed by atoms with Crippen molar-refractivity contribution in [3.63, 3.8) is 0 Å². The van der Waals surface area contributed by atoms with Crippen molar-refractivity contribution in [2.24, 2.45) is 5.92 Å². The standard InChI is InChI=1S/C26H26FN5O6/c1-28-24(35)29-17-5-6-18-21(9-17)38-13-26(18)23(34)32(25(36)30-26)11-22(33)31-10-15-8-16(27)4-7-20(15)37-12-19(31)14-2-3-14/h4-9,14,19H,2-3,10-13H2,1H3,(H,30,36)(H2,28,29,35)/t19?,26-/m1/s1. The number of ether oxygens (including phenoxy) is 2. The molecule has 198 valence electrons. The third-order valence-electron chi connectivity index (χ3n) is 7.50. The number of anilines is 1. The van der Waals surface area contributed by atoms with E-state index in [-0.39, 0.29) is 31.7 Å². The molecular formula is C26H26FN5O6. The number of amides is 6. The summed E-state index contributed by atoms with van der Waals surface area (Å²) in [6.07, 6.45) is 1.89. The van der Waals surface area contributed by atoms with Crippen LogP contribution in [0.25, 0.3) is 0 Å². The summed E-state index contributed by atoms with van der Waals surface area (Å²) in [7, 11) is 1.49. The smallest absolute Gasteiger partial charge is 0.325 e. The van der Waals surface area contributed by atoms with Crippen molar-refractivity contribution >= 4 is 29.6 Å². The minimum absolute atomic E-state index is 0.120. The fourth-order valence-corrected chi connectivity index (χ4v) is 5.33. The second-order valence-electron chi connectivity index (χ2n) is 9.92. The van der Waals surface area contributed by atoms with E-state index in [0.29, 0.717) is 28.3 Å². The second-order valence-corrected chi connectivity index (χ2v) is 9.92. The summed E-state index contributed by atoms with van der Waals surface area (Å²) in [5.41, 5.74) is -0.0347. The van der Waals surface area contributed by atoms with Gasteiger partial charge in [0.1, 0.15) is 37.1 Å². The van der Waals surface area contributed by atoms with Crippen LogP contribution < -0.4 is 25.4 Å². The predicted octanol–water partition coefficient (Wildman–Crippen LogP) is 1.92. The Morgan fingerprint density at radius 2 is 1.95 bits per heavy atom. The molecule has 2 aromatic rings. The molecule has 12 heteroatoms. The largest absolute Gasteiger partial charge is 0.491 e. The first-order valence-corrected chi connectivity index (χ1v) is 12.4. The molecule has 3 N–H and O–H groups in total. The number of hydrogen-bond acceptors (Lipinski definition) is 6. The Morgan fingerprint density at radius 3 is 2.71 bits per heavy atom. The van der Waals surface area contributed by atoms with Crippen molar-refractivity contribution in [2.45, 2.75) is 31.0 Å². The highest BCUT2D eigenvalue weighted by Gasteiger charge is 2.58. The van der Waals surface area contributed by atoms with Gasteiger partial charge in [0.2, 0.25) is 5.91 Å². The minimum atomic E-state index is -1.47. The Morgan fingerprint density at radius 1 is 1.13 bits per heavy atom. The van der Waals surface area contributed by atoms with Gasteiger partial charge < -0.3 is 30.3 Å². The summed E-state index contributed by atoms with van der Waals surface area (Å²) in [5, 5.41) is 7.79. The van der Waals surface area contributed by atoms with Gasteiger partial charge in [-0.2, -0.15) is 0 Å². The molecule has 2 atom stereocenters. The highest BCUT2D eigenvalue weighted by Crippen LogP contribution is 2.43. The summed E-state index contributed by atoms with van der Waals surface area (Å²) < 4.78 is 25.6. The van der Waals surface area contributed by atoms with E-state index in [1.54, 1.807) is 29.2 Å². The maximum absolute atomic E-state index is 13.9. The number of carbonyl (C=O) groups excluding carboxylic acids is 4. The van der Waals surface area contributed by atoms with Gasteiger partial charge >= 0.3 is 12.1 Å². The zero-order valence-electron chi connectivity index (χ0n) is 20.6. The number of nitrogens with one attached hydrogen (secondary N) is 3. The Balaban J connectivity index is 1.23. The molecule has 1 saturated carbocycles. The summed E-state index contributed by atoms with van der Waals surface area (Å²) in [5.74, 6) is -0.340. The minimum Gasteiger partial charge on any atom is -0.491 e. The number of imide groups is 1. The fourth-order valence-electron chi connectivity index (χ4n) is 5.33. The molecular weight excluding hydrogens is 497 g/mol. The van der Waals surface area contributed by atoms with Crippen LogP contribution in [0.1, 0.15) is 24.0 Å². The third-order valence-corrected chi connectivity index (χ3v) is 7.50. The highest BCUT2D eigenvalue weighted by atomic mass is 19.1. The molecule has 38 heavy (non-hydrogen) atoms. The monoisotopic (exact) mass is 523 g/mol. The van der Waals surface area contributed by atoms with E-state index in [1.165, 1.54) is 19.2 Å². The summed E-state index contributed by atoms with van der Waals surface area (Å²) in [6, 6.07) is 7.63. The molecule has 0 bridgehead atoms. The van der Waals surface area contributed by atoms with Crippen LogP contribution in [0.15, 0.2) is 36.4 Å². The van der Waals surface area contributed by atoms with Gasteiger partial charge in [0.25, 0.3) is 5.91 Å². The molecule has 1 saturated heterocycles. The summed E-state index contributed by atoms with van der Waals surface area (Å²) in [4.78, 5) is 54.3. The van der Waals surface area contributed by atoms with Crippen LogP contribution in [-0.2, 0) is 21.7 Å². The fraction of sp³-hybridized carbons (Fsp3) is 0.385. The molecule has 2 fully saturated rings. The summed E-state index contributed by atoms with van der Waals surface area (Å²) >= 11 is 0. The first-order valence-electron chi connectivity index (χ1n) is 12.4. The third kappa shape index (κ3) is 3.96. The van der Waals surface area contributed by atoms with Gasteiger partial charge in [0, 0.05) is 36.5 Å². The number of hydrogen-bond donors (Lipinski definition) is 3. The van der Waals surface area contributed by atoms with Crippen LogP contribution in [0.4, 0.5) is 19.7 Å². The SMILES string of the molecule is CNC(=O)Nc1ccc2c(c1)OC[C@@]21NC(=O)N(CC(=O)N2Cc3cc(F)ccc3OCC2C2CC2)C1=O. The van der Waals surface area contributed by atoms with E-state index in [4.69, 9.17) is 9.47 Å². The van der Waals surface area contributed by atoms with Gasteiger partial charge in [-0.05, 0) is 43.0 Å². The van der Waals surface area contributed by atoms with Crippen molar-refractivity contribution in [1.29, 1.82) is 0 Å². The van der Waals surface area contributed by atoms with Crippen molar-refractivity contribution in [3.8, 4) is 11.5 Å². The van der Waals surface area contributed by atoms with Crippen LogP contribution >= 0.6 is 0 Å². The van der Waals surface area contributed by atoms with Crippen LogP contribution in [0.5, 0.6) is 11.5 Å². The first-order chi connectivity index (χ1) is 18.3. The van der Waals surface area contributed by atoms with Crippen molar-refractivity contribution in [3.05, 3.63) is 53.3 Å². The van der Waals surface area contributed by atoms with Crippen LogP contribution in [-0.4, -0.2) is 66.5 Å².